The number of nitrogens with zero attached hydrogens (tertiary/aromatic N) is 3. The molecule has 2 rings (SSSR count). The first kappa shape index (κ1) is 17.7. The Morgan fingerprint density at radius 2 is 2.22 bits per heavy atom. The third kappa shape index (κ3) is 4.92. The van der Waals surface area contributed by atoms with E-state index in [1.54, 1.807) is 24.4 Å². The maximum absolute atomic E-state index is 11.2. The fourth-order valence-corrected chi connectivity index (χ4v) is 2.61. The summed E-state index contributed by atoms with van der Waals surface area (Å²) < 4.78 is 1.54. The summed E-state index contributed by atoms with van der Waals surface area (Å²) in [4.78, 5) is 11.2. The van der Waals surface area contributed by atoms with Gasteiger partial charge in [-0.05, 0) is 24.6 Å². The van der Waals surface area contributed by atoms with Crippen LogP contribution in [0.5, 0.6) is 0 Å². The Labute approximate surface area is 144 Å². The van der Waals surface area contributed by atoms with Gasteiger partial charge < -0.3 is 5.11 Å². The summed E-state index contributed by atoms with van der Waals surface area (Å²) in [6.45, 7) is 2.35. The molecule has 0 amide bonds. The van der Waals surface area contributed by atoms with E-state index in [0.29, 0.717) is 34.4 Å². The van der Waals surface area contributed by atoms with Crippen molar-refractivity contribution in [1.82, 2.24) is 20.3 Å². The molecule has 0 aliphatic rings. The molecule has 2 aromatic rings. The second-order valence-corrected chi connectivity index (χ2v) is 6.01. The van der Waals surface area contributed by atoms with Crippen molar-refractivity contribution in [2.45, 2.75) is 38.8 Å². The van der Waals surface area contributed by atoms with Crippen LogP contribution >= 0.6 is 23.2 Å². The molecule has 0 saturated heterocycles. The van der Waals surface area contributed by atoms with Crippen molar-refractivity contribution in [3.8, 4) is 5.69 Å². The van der Waals surface area contributed by atoms with Gasteiger partial charge >= 0.3 is 5.97 Å². The highest BCUT2D eigenvalue weighted by molar-refractivity contribution is 6.35. The quantitative estimate of drug-likeness (QED) is 0.758. The van der Waals surface area contributed by atoms with Crippen molar-refractivity contribution >= 4 is 29.2 Å². The second-order valence-electron chi connectivity index (χ2n) is 5.16. The lowest BCUT2D eigenvalue weighted by Gasteiger charge is -2.12. The van der Waals surface area contributed by atoms with Crippen LogP contribution < -0.4 is 5.32 Å². The molecule has 0 fully saturated rings. The van der Waals surface area contributed by atoms with Gasteiger partial charge in [0.25, 0.3) is 0 Å². The van der Waals surface area contributed by atoms with E-state index >= 15 is 0 Å². The number of hydrogen-bond acceptors (Lipinski definition) is 4. The molecule has 6 nitrogen and oxygen atoms in total. The third-order valence-electron chi connectivity index (χ3n) is 3.37. The molecule has 0 saturated carbocycles. The van der Waals surface area contributed by atoms with E-state index < -0.39 is 12.0 Å². The van der Waals surface area contributed by atoms with Gasteiger partial charge in [0.1, 0.15) is 6.04 Å². The molecule has 8 heteroatoms. The Morgan fingerprint density at radius 3 is 2.87 bits per heavy atom. The normalized spacial score (nSPS) is 12.3. The van der Waals surface area contributed by atoms with Crippen molar-refractivity contribution in [2.75, 3.05) is 0 Å². The topological polar surface area (TPSA) is 80.0 Å². The maximum atomic E-state index is 11.2. The Balaban J connectivity index is 2.03. The zero-order valence-corrected chi connectivity index (χ0v) is 14.2. The average molecular weight is 357 g/mol. The van der Waals surface area contributed by atoms with E-state index in [9.17, 15) is 9.90 Å². The molecule has 1 aromatic heterocycles. The fourth-order valence-electron chi connectivity index (χ4n) is 2.11. The van der Waals surface area contributed by atoms with E-state index in [1.807, 2.05) is 6.92 Å². The Morgan fingerprint density at radius 1 is 1.43 bits per heavy atom. The molecule has 0 bridgehead atoms. The van der Waals surface area contributed by atoms with Crippen LogP contribution in [0.25, 0.3) is 5.69 Å². The summed E-state index contributed by atoms with van der Waals surface area (Å²) in [6, 6.07) is 4.51. The smallest absolute Gasteiger partial charge is 0.320 e. The van der Waals surface area contributed by atoms with Crippen molar-refractivity contribution in [3.63, 3.8) is 0 Å². The maximum Gasteiger partial charge on any atom is 0.320 e. The lowest BCUT2D eigenvalue weighted by Crippen LogP contribution is -2.36. The number of hydrogen-bond donors (Lipinski definition) is 2. The zero-order chi connectivity index (χ0) is 16.8. The summed E-state index contributed by atoms with van der Waals surface area (Å²) in [7, 11) is 0. The largest absolute Gasteiger partial charge is 0.480 e. The lowest BCUT2D eigenvalue weighted by atomic mass is 10.1. The van der Waals surface area contributed by atoms with Crippen LogP contribution in [-0.4, -0.2) is 32.1 Å². The zero-order valence-electron chi connectivity index (χ0n) is 12.7. The Bertz CT molecular complexity index is 675. The molecule has 2 N–H and O–H groups in total. The minimum absolute atomic E-state index is 0.325. The lowest BCUT2D eigenvalue weighted by molar-refractivity contribution is -0.139. The Kier molecular flexibility index (Phi) is 6.38. The first-order chi connectivity index (χ1) is 11.0. The highest BCUT2D eigenvalue weighted by Gasteiger charge is 2.16. The number of aliphatic carboxylic acids is 1. The van der Waals surface area contributed by atoms with Gasteiger partial charge in [-0.3, -0.25) is 10.1 Å². The van der Waals surface area contributed by atoms with Crippen LogP contribution in [0.2, 0.25) is 10.0 Å². The van der Waals surface area contributed by atoms with E-state index in [2.05, 4.69) is 15.6 Å². The van der Waals surface area contributed by atoms with Crippen LogP contribution in [0.15, 0.2) is 24.4 Å². The van der Waals surface area contributed by atoms with Gasteiger partial charge in [-0.25, -0.2) is 4.68 Å². The summed E-state index contributed by atoms with van der Waals surface area (Å²) >= 11 is 12.0. The monoisotopic (exact) mass is 356 g/mol. The molecule has 1 heterocycles. The van der Waals surface area contributed by atoms with Crippen LogP contribution in [-0.2, 0) is 11.3 Å². The van der Waals surface area contributed by atoms with E-state index in [-0.39, 0.29) is 0 Å². The first-order valence-corrected chi connectivity index (χ1v) is 8.09. The molecule has 0 spiro atoms. The summed E-state index contributed by atoms with van der Waals surface area (Å²) in [6.07, 6.45) is 4.11. The molecule has 23 heavy (non-hydrogen) atoms. The average Bonchev–Trinajstić information content (AvgIpc) is 2.95. The number of unbranched alkanes of at least 4 members (excludes halogenated alkanes) is 1. The molecule has 1 unspecified atom stereocenters. The summed E-state index contributed by atoms with van der Waals surface area (Å²) in [5, 5.41) is 21.2. The highest BCUT2D eigenvalue weighted by atomic mass is 35.5. The molecule has 0 aliphatic heterocycles. The number of carboxylic acids is 1. The van der Waals surface area contributed by atoms with E-state index in [4.69, 9.17) is 23.2 Å². The molecular weight excluding hydrogens is 339 g/mol. The number of nitrogens with one attached hydrogen (secondary N) is 1. The van der Waals surface area contributed by atoms with Gasteiger partial charge in [-0.15, -0.1) is 5.10 Å². The van der Waals surface area contributed by atoms with Crippen LogP contribution in [0.1, 0.15) is 31.9 Å². The fraction of sp³-hybridized carbons (Fsp3) is 0.400. The predicted molar refractivity (Wildman–Crippen MR) is 89.2 cm³/mol. The molecular formula is C15H18Cl2N4O2. The van der Waals surface area contributed by atoms with Crippen LogP contribution in [0, 0.1) is 0 Å². The molecule has 0 radical (unpaired) electrons. The first-order valence-electron chi connectivity index (χ1n) is 7.34. The summed E-state index contributed by atoms with van der Waals surface area (Å²) in [5.74, 6) is -0.855. The highest BCUT2D eigenvalue weighted by Crippen LogP contribution is 2.23. The second kappa shape index (κ2) is 8.29. The predicted octanol–water partition coefficient (Wildman–Crippen LogP) is 3.31. The van der Waals surface area contributed by atoms with Crippen molar-refractivity contribution in [1.29, 1.82) is 0 Å². The number of benzene rings is 1. The number of carboxylic acid groups (broad SMARTS) is 1. The minimum atomic E-state index is -0.855. The summed E-state index contributed by atoms with van der Waals surface area (Å²) in [5.41, 5.74) is 1.30. The van der Waals surface area contributed by atoms with Gasteiger partial charge in [-0.2, -0.15) is 0 Å². The standard InChI is InChI=1S/C15H18Cl2N4O2/c1-2-3-4-13(15(22)23)18-8-11-9-21(20-19-11)14-6-5-10(16)7-12(14)17/h5-7,9,13,18H,2-4,8H2,1H3,(H,22,23). The number of aromatic nitrogens is 3. The van der Waals surface area contributed by atoms with Gasteiger partial charge in [0.05, 0.1) is 22.6 Å². The third-order valence-corrected chi connectivity index (χ3v) is 3.91. The molecule has 0 aliphatic carbocycles. The van der Waals surface area contributed by atoms with Crippen LogP contribution in [0.3, 0.4) is 0 Å². The van der Waals surface area contributed by atoms with Gasteiger partial charge in [0.2, 0.25) is 0 Å². The van der Waals surface area contributed by atoms with Gasteiger partial charge in [0.15, 0.2) is 0 Å². The molecule has 124 valence electrons. The minimum Gasteiger partial charge on any atom is -0.480 e. The number of halogens is 2. The van der Waals surface area contributed by atoms with Crippen LogP contribution in [0.4, 0.5) is 0 Å². The van der Waals surface area contributed by atoms with Gasteiger partial charge in [-0.1, -0.05) is 48.2 Å². The van der Waals surface area contributed by atoms with Gasteiger partial charge in [0, 0.05) is 11.6 Å². The molecule has 1 aromatic carbocycles. The Hall–Kier alpha value is -1.63. The van der Waals surface area contributed by atoms with Crippen molar-refractivity contribution in [2.24, 2.45) is 0 Å². The van der Waals surface area contributed by atoms with E-state index in [0.717, 1.165) is 12.8 Å². The van der Waals surface area contributed by atoms with Crippen molar-refractivity contribution in [3.05, 3.63) is 40.1 Å². The SMILES string of the molecule is CCCCC(NCc1cn(-c2ccc(Cl)cc2Cl)nn1)C(=O)O. The number of carbonyl (C=O) groups is 1. The van der Waals surface area contributed by atoms with Crippen molar-refractivity contribution < 1.29 is 9.90 Å². The number of rotatable bonds is 8. The van der Waals surface area contributed by atoms with E-state index in [1.165, 1.54) is 4.68 Å². The molecule has 1 atom stereocenters.